The van der Waals surface area contributed by atoms with Crippen molar-refractivity contribution in [3.05, 3.63) is 29.8 Å². The van der Waals surface area contributed by atoms with Crippen molar-refractivity contribution in [2.45, 2.75) is 51.6 Å². The molecule has 0 saturated heterocycles. The first-order valence-corrected chi connectivity index (χ1v) is 7.63. The number of nitrogens with zero attached hydrogens (tertiary/aromatic N) is 2. The molecular weight excluding hydrogens is 246 g/mol. The van der Waals surface area contributed by atoms with E-state index in [9.17, 15) is 5.26 Å². The highest BCUT2D eigenvalue weighted by molar-refractivity contribution is 5.50. The van der Waals surface area contributed by atoms with E-state index in [2.05, 4.69) is 61.3 Å². The molecule has 1 aliphatic rings. The second kappa shape index (κ2) is 6.28. The molecule has 3 heteroatoms. The van der Waals surface area contributed by atoms with E-state index in [-0.39, 0.29) is 5.54 Å². The molecule has 108 valence electrons. The van der Waals surface area contributed by atoms with Crippen LogP contribution in [0.15, 0.2) is 24.3 Å². The Morgan fingerprint density at radius 2 is 2.25 bits per heavy atom. The van der Waals surface area contributed by atoms with E-state index in [1.54, 1.807) is 0 Å². The molecule has 3 nitrogen and oxygen atoms in total. The number of rotatable bonds is 5. The molecule has 1 aromatic carbocycles. The van der Waals surface area contributed by atoms with Crippen molar-refractivity contribution in [3.8, 4) is 6.07 Å². The normalized spacial score (nSPS) is 25.4. The number of benzene rings is 1. The molecule has 1 fully saturated rings. The Balaban J connectivity index is 2.16. The summed E-state index contributed by atoms with van der Waals surface area (Å²) < 4.78 is 0. The Hall–Kier alpha value is -1.53. The molecule has 1 N–H and O–H groups in total. The highest BCUT2D eigenvalue weighted by atomic mass is 15.2. The van der Waals surface area contributed by atoms with Crippen molar-refractivity contribution in [1.82, 2.24) is 5.32 Å². The van der Waals surface area contributed by atoms with Gasteiger partial charge in [0.1, 0.15) is 5.54 Å². The average molecular weight is 271 g/mol. The summed E-state index contributed by atoms with van der Waals surface area (Å²) in [6.45, 7) is 8.25. The van der Waals surface area contributed by atoms with E-state index in [0.29, 0.717) is 6.04 Å². The lowest BCUT2D eigenvalue weighted by Gasteiger charge is -2.31. The van der Waals surface area contributed by atoms with E-state index < -0.39 is 0 Å². The van der Waals surface area contributed by atoms with Crippen LogP contribution < -0.4 is 10.2 Å². The van der Waals surface area contributed by atoms with E-state index in [1.165, 1.54) is 11.3 Å². The van der Waals surface area contributed by atoms with Crippen molar-refractivity contribution in [2.75, 3.05) is 18.0 Å². The fourth-order valence-electron chi connectivity index (χ4n) is 3.38. The third-order valence-electron chi connectivity index (χ3n) is 4.33. The molecule has 0 radical (unpaired) electrons. The Kier molecular flexibility index (Phi) is 4.67. The summed E-state index contributed by atoms with van der Waals surface area (Å²) in [5.41, 5.74) is 2.25. The van der Waals surface area contributed by atoms with Gasteiger partial charge >= 0.3 is 0 Å². The zero-order valence-corrected chi connectivity index (χ0v) is 12.8. The van der Waals surface area contributed by atoms with Crippen LogP contribution in [0.3, 0.4) is 0 Å². The summed E-state index contributed by atoms with van der Waals surface area (Å²) in [6, 6.07) is 11.6. The van der Waals surface area contributed by atoms with Crippen molar-refractivity contribution in [3.63, 3.8) is 0 Å². The van der Waals surface area contributed by atoms with Crippen LogP contribution in [0.2, 0.25) is 0 Å². The number of anilines is 1. The van der Waals surface area contributed by atoms with Gasteiger partial charge < -0.3 is 4.90 Å². The van der Waals surface area contributed by atoms with Crippen molar-refractivity contribution >= 4 is 5.69 Å². The Bertz CT molecular complexity index is 491. The summed E-state index contributed by atoms with van der Waals surface area (Å²) in [5, 5.41) is 12.9. The molecule has 20 heavy (non-hydrogen) atoms. The number of hydrogen-bond donors (Lipinski definition) is 1. The van der Waals surface area contributed by atoms with Gasteiger partial charge in [0.25, 0.3) is 0 Å². The first kappa shape index (κ1) is 14.9. The van der Waals surface area contributed by atoms with Gasteiger partial charge in [0.15, 0.2) is 0 Å². The zero-order valence-electron chi connectivity index (χ0n) is 12.8. The minimum Gasteiger partial charge on any atom is -0.369 e. The Morgan fingerprint density at radius 1 is 1.45 bits per heavy atom. The minimum absolute atomic E-state index is 0.323. The molecule has 1 saturated carbocycles. The highest BCUT2D eigenvalue weighted by Crippen LogP contribution is 2.35. The van der Waals surface area contributed by atoms with Crippen LogP contribution >= 0.6 is 0 Å². The largest absolute Gasteiger partial charge is 0.369 e. The molecule has 2 unspecified atom stereocenters. The fourth-order valence-corrected chi connectivity index (χ4v) is 3.38. The molecule has 2 atom stereocenters. The lowest BCUT2D eigenvalue weighted by molar-refractivity contribution is 0.426. The SMILES string of the molecule is CCNC1(C#N)CCC(N(CC)c2cccc(C)c2)C1. The molecule has 0 amide bonds. The predicted molar refractivity (Wildman–Crippen MR) is 83.9 cm³/mol. The van der Waals surface area contributed by atoms with Gasteiger partial charge in [0.05, 0.1) is 6.07 Å². The molecule has 1 aromatic rings. The third-order valence-corrected chi connectivity index (χ3v) is 4.33. The van der Waals surface area contributed by atoms with Crippen LogP contribution in [-0.4, -0.2) is 24.7 Å². The maximum atomic E-state index is 9.50. The van der Waals surface area contributed by atoms with Crippen molar-refractivity contribution < 1.29 is 0 Å². The summed E-state index contributed by atoms with van der Waals surface area (Å²) in [5.74, 6) is 0. The van der Waals surface area contributed by atoms with Gasteiger partial charge in [-0.1, -0.05) is 19.1 Å². The second-order valence-corrected chi connectivity index (χ2v) is 5.75. The van der Waals surface area contributed by atoms with Crippen LogP contribution in [0.4, 0.5) is 5.69 Å². The zero-order chi connectivity index (χ0) is 14.6. The summed E-state index contributed by atoms with van der Waals surface area (Å²) >= 11 is 0. The number of aryl methyl sites for hydroxylation is 1. The summed E-state index contributed by atoms with van der Waals surface area (Å²) in [6.07, 6.45) is 2.95. The monoisotopic (exact) mass is 271 g/mol. The topological polar surface area (TPSA) is 39.1 Å². The highest BCUT2D eigenvalue weighted by Gasteiger charge is 2.40. The predicted octanol–water partition coefficient (Wildman–Crippen LogP) is 3.25. The molecular formula is C17H25N3. The van der Waals surface area contributed by atoms with Gasteiger partial charge in [-0.2, -0.15) is 5.26 Å². The van der Waals surface area contributed by atoms with Crippen LogP contribution in [-0.2, 0) is 0 Å². The number of nitrogens with one attached hydrogen (secondary N) is 1. The average Bonchev–Trinajstić information content (AvgIpc) is 2.85. The Labute approximate surface area is 122 Å². The maximum Gasteiger partial charge on any atom is 0.108 e. The molecule has 0 bridgehead atoms. The smallest absolute Gasteiger partial charge is 0.108 e. The quantitative estimate of drug-likeness (QED) is 0.893. The maximum absolute atomic E-state index is 9.50. The molecule has 0 heterocycles. The standard InChI is InChI=1S/C17H25N3/c1-4-19-17(13-18)10-9-16(12-17)20(5-2)15-8-6-7-14(3)11-15/h6-8,11,16,19H,4-5,9-10,12H2,1-3H3. The van der Waals surface area contributed by atoms with Crippen molar-refractivity contribution in [2.24, 2.45) is 0 Å². The summed E-state index contributed by atoms with van der Waals surface area (Å²) in [7, 11) is 0. The molecule has 0 aliphatic heterocycles. The van der Waals surface area contributed by atoms with Crippen LogP contribution in [0.25, 0.3) is 0 Å². The molecule has 0 spiro atoms. The lowest BCUT2D eigenvalue weighted by Crippen LogP contribution is -2.44. The van der Waals surface area contributed by atoms with Gasteiger partial charge in [0, 0.05) is 18.3 Å². The second-order valence-electron chi connectivity index (χ2n) is 5.75. The molecule has 2 rings (SSSR count). The first-order valence-electron chi connectivity index (χ1n) is 7.63. The van der Waals surface area contributed by atoms with E-state index in [0.717, 1.165) is 32.4 Å². The van der Waals surface area contributed by atoms with Gasteiger partial charge in [0.2, 0.25) is 0 Å². The van der Waals surface area contributed by atoms with E-state index in [1.807, 2.05) is 0 Å². The molecule has 1 aliphatic carbocycles. The van der Waals surface area contributed by atoms with Crippen LogP contribution in [0, 0.1) is 18.3 Å². The van der Waals surface area contributed by atoms with Gasteiger partial charge in [-0.15, -0.1) is 0 Å². The number of hydrogen-bond acceptors (Lipinski definition) is 3. The number of nitriles is 1. The van der Waals surface area contributed by atoms with Gasteiger partial charge in [-0.3, -0.25) is 5.32 Å². The first-order chi connectivity index (χ1) is 9.64. The summed E-state index contributed by atoms with van der Waals surface area (Å²) in [4.78, 5) is 2.45. The van der Waals surface area contributed by atoms with E-state index in [4.69, 9.17) is 0 Å². The van der Waals surface area contributed by atoms with Crippen LogP contribution in [0.5, 0.6) is 0 Å². The lowest BCUT2D eigenvalue weighted by atomic mass is 9.99. The fraction of sp³-hybridized carbons (Fsp3) is 0.588. The Morgan fingerprint density at radius 3 is 2.85 bits per heavy atom. The third kappa shape index (κ3) is 2.96. The molecule has 0 aromatic heterocycles. The van der Waals surface area contributed by atoms with Crippen molar-refractivity contribution in [1.29, 1.82) is 5.26 Å². The van der Waals surface area contributed by atoms with Gasteiger partial charge in [-0.05, 0) is 57.4 Å². The van der Waals surface area contributed by atoms with E-state index >= 15 is 0 Å². The van der Waals surface area contributed by atoms with Crippen LogP contribution in [0.1, 0.15) is 38.7 Å². The van der Waals surface area contributed by atoms with Gasteiger partial charge in [-0.25, -0.2) is 0 Å². The minimum atomic E-state index is -0.323.